The van der Waals surface area contributed by atoms with Crippen LogP contribution in [-0.2, 0) is 11.8 Å². The molecule has 1 heterocycles. The Morgan fingerprint density at radius 3 is 2.25 bits per heavy atom. The highest BCUT2D eigenvalue weighted by atomic mass is 16.5. The van der Waals surface area contributed by atoms with Crippen molar-refractivity contribution in [1.29, 1.82) is 0 Å². The Morgan fingerprint density at radius 1 is 1.00 bits per heavy atom. The molecule has 0 saturated carbocycles. The van der Waals surface area contributed by atoms with Crippen molar-refractivity contribution in [3.63, 3.8) is 0 Å². The molecule has 3 aromatic rings. The summed E-state index contributed by atoms with van der Waals surface area (Å²) in [5, 5.41) is 3.02. The summed E-state index contributed by atoms with van der Waals surface area (Å²) in [7, 11) is 5.01. The molecule has 1 aromatic heterocycles. The highest BCUT2D eigenvalue weighted by Crippen LogP contribution is 2.29. The molecular formula is C25H29N3O4. The van der Waals surface area contributed by atoms with Gasteiger partial charge in [-0.1, -0.05) is 12.1 Å². The molecule has 2 aromatic carbocycles. The molecular weight excluding hydrogens is 406 g/mol. The van der Waals surface area contributed by atoms with Gasteiger partial charge in [-0.25, -0.2) is 4.98 Å². The molecule has 32 heavy (non-hydrogen) atoms. The Morgan fingerprint density at radius 2 is 1.69 bits per heavy atom. The zero-order chi connectivity index (χ0) is 23.3. The van der Waals surface area contributed by atoms with Gasteiger partial charge in [-0.05, 0) is 48.7 Å². The van der Waals surface area contributed by atoms with Gasteiger partial charge >= 0.3 is 0 Å². The summed E-state index contributed by atoms with van der Waals surface area (Å²) >= 11 is 0. The molecule has 0 spiro atoms. The summed E-state index contributed by atoms with van der Waals surface area (Å²) in [4.78, 5) is 29.8. The molecule has 0 aliphatic rings. The number of ether oxygens (including phenoxy) is 2. The molecule has 1 amide bonds. The van der Waals surface area contributed by atoms with Gasteiger partial charge < -0.3 is 19.4 Å². The minimum absolute atomic E-state index is 0.0557. The third-order valence-electron chi connectivity index (χ3n) is 5.54. The van der Waals surface area contributed by atoms with Crippen LogP contribution in [0.2, 0.25) is 0 Å². The number of ketones is 1. The number of aromatic nitrogens is 2. The SMILES string of the molecule is COc1cc(OC)cc(C(NC(=O)CCC(=O)c2ccc(C)c(C)c2)c2nccn2C)c1. The zero-order valence-corrected chi connectivity index (χ0v) is 19.1. The van der Waals surface area contributed by atoms with Crippen LogP contribution in [0.15, 0.2) is 48.8 Å². The van der Waals surface area contributed by atoms with Gasteiger partial charge in [0.2, 0.25) is 5.91 Å². The Balaban J connectivity index is 1.78. The van der Waals surface area contributed by atoms with Gasteiger partial charge in [0.25, 0.3) is 0 Å². The standard InChI is InChI=1S/C25H29N3O4/c1-16-6-7-18(12-17(16)2)22(29)8-9-23(30)27-24(25-26-10-11-28(25)3)19-13-20(31-4)15-21(14-19)32-5/h6-7,10-15,24H,8-9H2,1-5H3,(H,27,30). The lowest BCUT2D eigenvalue weighted by Crippen LogP contribution is -2.31. The molecule has 0 radical (unpaired) electrons. The van der Waals surface area contributed by atoms with Gasteiger partial charge in [0.1, 0.15) is 23.4 Å². The summed E-state index contributed by atoms with van der Waals surface area (Å²) in [6.07, 6.45) is 3.70. The number of hydrogen-bond acceptors (Lipinski definition) is 5. The van der Waals surface area contributed by atoms with E-state index in [9.17, 15) is 9.59 Å². The minimum atomic E-state index is -0.525. The van der Waals surface area contributed by atoms with E-state index in [2.05, 4.69) is 10.3 Å². The zero-order valence-electron chi connectivity index (χ0n) is 19.1. The van der Waals surface area contributed by atoms with E-state index in [0.717, 1.165) is 16.7 Å². The second-order valence-electron chi connectivity index (χ2n) is 7.77. The fourth-order valence-corrected chi connectivity index (χ4v) is 3.47. The molecule has 0 fully saturated rings. The Kier molecular flexibility index (Phi) is 7.30. The molecule has 168 valence electrons. The van der Waals surface area contributed by atoms with E-state index in [-0.39, 0.29) is 24.5 Å². The normalized spacial score (nSPS) is 11.7. The number of nitrogens with zero attached hydrogens (tertiary/aromatic N) is 2. The predicted octanol–water partition coefficient (Wildman–Crippen LogP) is 3.92. The lowest BCUT2D eigenvalue weighted by Gasteiger charge is -2.20. The number of benzene rings is 2. The van der Waals surface area contributed by atoms with E-state index in [1.165, 1.54) is 0 Å². The van der Waals surface area contributed by atoms with Crippen LogP contribution in [0.25, 0.3) is 0 Å². The lowest BCUT2D eigenvalue weighted by atomic mass is 10.0. The molecule has 1 N–H and O–H groups in total. The number of imidazole rings is 1. The number of aryl methyl sites for hydroxylation is 3. The van der Waals surface area contributed by atoms with E-state index >= 15 is 0 Å². The second kappa shape index (κ2) is 10.1. The molecule has 1 unspecified atom stereocenters. The van der Waals surface area contributed by atoms with Crippen molar-refractivity contribution in [2.24, 2.45) is 7.05 Å². The maximum Gasteiger partial charge on any atom is 0.221 e. The van der Waals surface area contributed by atoms with Gasteiger partial charge in [-0.15, -0.1) is 0 Å². The first kappa shape index (κ1) is 23.1. The molecule has 0 aliphatic heterocycles. The van der Waals surface area contributed by atoms with E-state index in [4.69, 9.17) is 9.47 Å². The van der Waals surface area contributed by atoms with Gasteiger partial charge in [0.15, 0.2) is 5.78 Å². The summed E-state index contributed by atoms with van der Waals surface area (Å²) in [5.41, 5.74) is 3.58. The molecule has 0 aliphatic carbocycles. The molecule has 0 bridgehead atoms. The van der Waals surface area contributed by atoms with Crippen LogP contribution < -0.4 is 14.8 Å². The Labute approximate surface area is 188 Å². The first-order valence-corrected chi connectivity index (χ1v) is 10.4. The van der Waals surface area contributed by atoms with Gasteiger partial charge in [-0.3, -0.25) is 9.59 Å². The minimum Gasteiger partial charge on any atom is -0.497 e. The van der Waals surface area contributed by atoms with E-state index in [1.807, 2.05) is 62.0 Å². The number of nitrogens with one attached hydrogen (secondary N) is 1. The Hall–Kier alpha value is -3.61. The average Bonchev–Trinajstić information content (AvgIpc) is 3.22. The third-order valence-corrected chi connectivity index (χ3v) is 5.54. The van der Waals surface area contributed by atoms with Crippen molar-refractivity contribution < 1.29 is 19.1 Å². The number of rotatable bonds is 9. The third kappa shape index (κ3) is 5.35. The van der Waals surface area contributed by atoms with Crippen molar-refractivity contribution in [2.45, 2.75) is 32.7 Å². The summed E-state index contributed by atoms with van der Waals surface area (Å²) in [6, 6.07) is 10.5. The van der Waals surface area contributed by atoms with Crippen molar-refractivity contribution in [2.75, 3.05) is 14.2 Å². The molecule has 1 atom stereocenters. The van der Waals surface area contributed by atoms with Gasteiger partial charge in [0, 0.05) is 43.9 Å². The fraction of sp³-hybridized carbons (Fsp3) is 0.320. The topological polar surface area (TPSA) is 82.4 Å². The fourth-order valence-electron chi connectivity index (χ4n) is 3.47. The average molecular weight is 436 g/mol. The maximum absolute atomic E-state index is 12.8. The number of carbonyl (C=O) groups excluding carboxylic acids is 2. The van der Waals surface area contributed by atoms with Gasteiger partial charge in [-0.2, -0.15) is 0 Å². The summed E-state index contributed by atoms with van der Waals surface area (Å²) in [5.74, 6) is 1.58. The quantitative estimate of drug-likeness (QED) is 0.515. The van der Waals surface area contributed by atoms with E-state index in [1.54, 1.807) is 26.5 Å². The molecule has 0 saturated heterocycles. The number of amides is 1. The summed E-state index contributed by atoms with van der Waals surface area (Å²) in [6.45, 7) is 3.97. The Bertz CT molecular complexity index is 1100. The number of Topliss-reactive ketones (excluding diaryl/α,β-unsaturated/α-hetero) is 1. The highest BCUT2D eigenvalue weighted by Gasteiger charge is 2.23. The van der Waals surface area contributed by atoms with Crippen molar-refractivity contribution >= 4 is 11.7 Å². The monoisotopic (exact) mass is 435 g/mol. The molecule has 3 rings (SSSR count). The number of hydrogen-bond donors (Lipinski definition) is 1. The van der Waals surface area contributed by atoms with Crippen molar-refractivity contribution in [3.8, 4) is 11.5 Å². The number of methoxy groups -OCH3 is 2. The van der Waals surface area contributed by atoms with Gasteiger partial charge in [0.05, 0.1) is 14.2 Å². The van der Waals surface area contributed by atoms with Crippen LogP contribution in [0.3, 0.4) is 0 Å². The van der Waals surface area contributed by atoms with Crippen LogP contribution in [0, 0.1) is 13.8 Å². The predicted molar refractivity (Wildman–Crippen MR) is 122 cm³/mol. The second-order valence-corrected chi connectivity index (χ2v) is 7.77. The van der Waals surface area contributed by atoms with Crippen molar-refractivity contribution in [1.82, 2.24) is 14.9 Å². The van der Waals surface area contributed by atoms with E-state index < -0.39 is 6.04 Å². The smallest absolute Gasteiger partial charge is 0.221 e. The molecule has 7 heteroatoms. The highest BCUT2D eigenvalue weighted by molar-refractivity contribution is 5.98. The van der Waals surface area contributed by atoms with Crippen LogP contribution >= 0.6 is 0 Å². The largest absolute Gasteiger partial charge is 0.497 e. The van der Waals surface area contributed by atoms with Crippen LogP contribution in [0.1, 0.15) is 51.8 Å². The first-order valence-electron chi connectivity index (χ1n) is 10.4. The lowest BCUT2D eigenvalue weighted by molar-refractivity contribution is -0.121. The summed E-state index contributed by atoms with van der Waals surface area (Å²) < 4.78 is 12.6. The van der Waals surface area contributed by atoms with Crippen molar-refractivity contribution in [3.05, 3.63) is 76.9 Å². The van der Waals surface area contributed by atoms with E-state index in [0.29, 0.717) is 22.9 Å². The van der Waals surface area contributed by atoms with Crippen LogP contribution in [0.5, 0.6) is 11.5 Å². The molecule has 7 nitrogen and oxygen atoms in total. The first-order chi connectivity index (χ1) is 15.3. The number of carbonyl (C=O) groups is 2. The van der Waals surface area contributed by atoms with Crippen LogP contribution in [-0.4, -0.2) is 35.5 Å². The maximum atomic E-state index is 12.8. The van der Waals surface area contributed by atoms with Crippen LogP contribution in [0.4, 0.5) is 0 Å².